The number of furan rings is 1. The summed E-state index contributed by atoms with van der Waals surface area (Å²) in [5, 5.41) is 5.33. The Hall–Kier alpha value is -1.63. The van der Waals surface area contributed by atoms with Gasteiger partial charge in [0.25, 0.3) is 0 Å². The van der Waals surface area contributed by atoms with Crippen LogP contribution in [-0.4, -0.2) is 14.7 Å². The molecular formula is C11H8ClNO4S. The van der Waals surface area contributed by atoms with Crippen molar-refractivity contribution in [2.24, 2.45) is 5.14 Å². The highest BCUT2D eigenvalue weighted by Crippen LogP contribution is 2.31. The van der Waals surface area contributed by atoms with Crippen LogP contribution in [-0.2, 0) is 10.0 Å². The fourth-order valence-electron chi connectivity index (χ4n) is 1.43. The Balaban J connectivity index is 2.59. The van der Waals surface area contributed by atoms with E-state index in [0.717, 1.165) is 0 Å². The van der Waals surface area contributed by atoms with Crippen LogP contribution in [0.15, 0.2) is 39.6 Å². The van der Waals surface area contributed by atoms with Crippen LogP contribution in [0, 0.1) is 0 Å². The van der Waals surface area contributed by atoms with Crippen LogP contribution in [0.1, 0.15) is 10.6 Å². The molecule has 1 aromatic heterocycles. The van der Waals surface area contributed by atoms with Gasteiger partial charge in [-0.05, 0) is 30.3 Å². The Morgan fingerprint density at radius 3 is 2.50 bits per heavy atom. The Labute approximate surface area is 108 Å². The van der Waals surface area contributed by atoms with Gasteiger partial charge in [-0.15, -0.1) is 0 Å². The van der Waals surface area contributed by atoms with Gasteiger partial charge in [0.05, 0.1) is 9.92 Å². The van der Waals surface area contributed by atoms with Crippen molar-refractivity contribution in [1.82, 2.24) is 0 Å². The van der Waals surface area contributed by atoms with E-state index >= 15 is 0 Å². The number of carbonyl (C=O) groups is 1. The van der Waals surface area contributed by atoms with Gasteiger partial charge >= 0.3 is 0 Å². The lowest BCUT2D eigenvalue weighted by atomic mass is 10.2. The summed E-state index contributed by atoms with van der Waals surface area (Å²) in [7, 11) is -3.82. The second-order valence-electron chi connectivity index (χ2n) is 3.51. The first-order valence-electron chi connectivity index (χ1n) is 4.79. The Morgan fingerprint density at radius 2 is 1.94 bits per heavy atom. The second kappa shape index (κ2) is 4.56. The molecule has 0 aliphatic heterocycles. The molecule has 18 heavy (non-hydrogen) atoms. The van der Waals surface area contributed by atoms with Crippen molar-refractivity contribution < 1.29 is 17.6 Å². The lowest BCUT2D eigenvalue weighted by Crippen LogP contribution is -2.12. The topological polar surface area (TPSA) is 90.4 Å². The number of hydrogen-bond acceptors (Lipinski definition) is 4. The van der Waals surface area contributed by atoms with Crippen LogP contribution < -0.4 is 5.14 Å². The molecule has 0 aliphatic rings. The summed E-state index contributed by atoms with van der Waals surface area (Å²) in [5.41, 5.74) is 0.358. The smallest absolute Gasteiger partial charge is 0.238 e. The number of halogens is 1. The molecule has 7 heteroatoms. The first kappa shape index (κ1) is 12.8. The van der Waals surface area contributed by atoms with Gasteiger partial charge in [0.1, 0.15) is 5.76 Å². The molecule has 1 heterocycles. The van der Waals surface area contributed by atoms with Gasteiger partial charge in [-0.3, -0.25) is 4.79 Å². The first-order chi connectivity index (χ1) is 8.41. The summed E-state index contributed by atoms with van der Waals surface area (Å²) in [6, 6.07) is 6.98. The molecule has 0 spiro atoms. The van der Waals surface area contributed by atoms with Crippen LogP contribution in [0.2, 0.25) is 5.02 Å². The summed E-state index contributed by atoms with van der Waals surface area (Å²) in [4.78, 5) is 10.4. The van der Waals surface area contributed by atoms with Gasteiger partial charge in [0.15, 0.2) is 12.0 Å². The molecule has 0 saturated carbocycles. The lowest BCUT2D eigenvalue weighted by Gasteiger charge is -2.03. The molecule has 5 nitrogen and oxygen atoms in total. The average molecular weight is 286 g/mol. The molecule has 0 radical (unpaired) electrons. The van der Waals surface area contributed by atoms with E-state index in [4.69, 9.17) is 21.2 Å². The fourth-order valence-corrected chi connectivity index (χ4v) is 2.18. The number of benzene rings is 1. The zero-order valence-corrected chi connectivity index (χ0v) is 10.5. The summed E-state index contributed by atoms with van der Waals surface area (Å²) < 4.78 is 27.7. The van der Waals surface area contributed by atoms with E-state index in [2.05, 4.69) is 0 Å². The largest absolute Gasteiger partial charge is 0.453 e. The molecule has 1 aromatic carbocycles. The van der Waals surface area contributed by atoms with Crippen molar-refractivity contribution in [2.45, 2.75) is 4.90 Å². The molecule has 0 atom stereocenters. The second-order valence-corrected chi connectivity index (χ2v) is 5.48. The summed E-state index contributed by atoms with van der Waals surface area (Å²) >= 11 is 5.95. The van der Waals surface area contributed by atoms with Crippen LogP contribution in [0.4, 0.5) is 0 Å². The van der Waals surface area contributed by atoms with E-state index in [-0.39, 0.29) is 10.7 Å². The number of nitrogens with two attached hydrogens (primary N) is 1. The highest BCUT2D eigenvalue weighted by Gasteiger charge is 2.14. The van der Waals surface area contributed by atoms with E-state index in [1.807, 2.05) is 0 Å². The number of sulfonamides is 1. The quantitative estimate of drug-likeness (QED) is 0.874. The zero-order valence-electron chi connectivity index (χ0n) is 8.96. The number of aldehydes is 1. The fraction of sp³-hybridized carbons (Fsp3) is 0. The third-order valence-electron chi connectivity index (χ3n) is 2.27. The molecule has 0 bridgehead atoms. The number of carbonyl (C=O) groups excluding carboxylic acids is 1. The van der Waals surface area contributed by atoms with E-state index in [9.17, 15) is 13.2 Å². The lowest BCUT2D eigenvalue weighted by molar-refractivity contribution is 0.110. The van der Waals surface area contributed by atoms with E-state index in [1.165, 1.54) is 30.3 Å². The number of primary sulfonamides is 1. The van der Waals surface area contributed by atoms with Gasteiger partial charge < -0.3 is 4.42 Å². The highest BCUT2D eigenvalue weighted by molar-refractivity contribution is 7.89. The van der Waals surface area contributed by atoms with E-state index in [0.29, 0.717) is 22.6 Å². The summed E-state index contributed by atoms with van der Waals surface area (Å²) in [6.45, 7) is 0. The van der Waals surface area contributed by atoms with E-state index < -0.39 is 10.0 Å². The molecule has 2 N–H and O–H groups in total. The third kappa shape index (κ3) is 2.45. The van der Waals surface area contributed by atoms with Gasteiger partial charge in [0, 0.05) is 5.56 Å². The monoisotopic (exact) mass is 285 g/mol. The molecule has 0 unspecified atom stereocenters. The normalized spacial score (nSPS) is 11.4. The Kier molecular flexibility index (Phi) is 3.25. The summed E-state index contributed by atoms with van der Waals surface area (Å²) in [6.07, 6.45) is 0.543. The standard InChI is InChI=1S/C11H8ClNO4S/c12-10-3-2-8(18(13,15)16)5-9(10)11-4-1-7(6-14)17-11/h1-6H,(H2,13,15,16). The molecule has 0 saturated heterocycles. The maximum Gasteiger partial charge on any atom is 0.238 e. The minimum absolute atomic E-state index is 0.0778. The molecule has 0 amide bonds. The predicted octanol–water partition coefficient (Wildman–Crippen LogP) is 2.06. The van der Waals surface area contributed by atoms with Crippen LogP contribution in [0.5, 0.6) is 0 Å². The number of rotatable bonds is 3. The van der Waals surface area contributed by atoms with Gasteiger partial charge in [-0.25, -0.2) is 13.6 Å². The molecule has 2 aromatic rings. The summed E-state index contributed by atoms with van der Waals surface area (Å²) in [5.74, 6) is 0.426. The van der Waals surface area contributed by atoms with Crippen molar-refractivity contribution in [2.75, 3.05) is 0 Å². The maximum absolute atomic E-state index is 11.2. The Bertz CT molecular complexity index is 706. The van der Waals surface area contributed by atoms with Crippen molar-refractivity contribution in [3.05, 3.63) is 41.1 Å². The molecular weight excluding hydrogens is 278 g/mol. The molecule has 0 fully saturated rings. The molecule has 0 aliphatic carbocycles. The van der Waals surface area contributed by atoms with Crippen molar-refractivity contribution in [3.63, 3.8) is 0 Å². The first-order valence-corrected chi connectivity index (χ1v) is 6.72. The van der Waals surface area contributed by atoms with Crippen molar-refractivity contribution in [1.29, 1.82) is 0 Å². The molecule has 2 rings (SSSR count). The van der Waals surface area contributed by atoms with Crippen molar-refractivity contribution in [3.8, 4) is 11.3 Å². The van der Waals surface area contributed by atoms with Gasteiger partial charge in [-0.2, -0.15) is 0 Å². The molecule has 94 valence electrons. The van der Waals surface area contributed by atoms with Gasteiger partial charge in [0.2, 0.25) is 10.0 Å². The van der Waals surface area contributed by atoms with Crippen LogP contribution >= 0.6 is 11.6 Å². The van der Waals surface area contributed by atoms with Crippen molar-refractivity contribution >= 4 is 27.9 Å². The minimum atomic E-state index is -3.82. The SMILES string of the molecule is NS(=O)(=O)c1ccc(Cl)c(-c2ccc(C=O)o2)c1. The third-order valence-corrected chi connectivity index (χ3v) is 3.52. The zero-order chi connectivity index (χ0) is 13.3. The minimum Gasteiger partial charge on any atom is -0.453 e. The maximum atomic E-state index is 11.2. The Morgan fingerprint density at radius 1 is 1.22 bits per heavy atom. The highest BCUT2D eigenvalue weighted by atomic mass is 35.5. The van der Waals surface area contributed by atoms with E-state index in [1.54, 1.807) is 0 Å². The number of hydrogen-bond donors (Lipinski definition) is 1. The average Bonchev–Trinajstić information content (AvgIpc) is 2.76. The van der Waals surface area contributed by atoms with Gasteiger partial charge in [-0.1, -0.05) is 11.6 Å². The predicted molar refractivity (Wildman–Crippen MR) is 65.9 cm³/mol. The van der Waals surface area contributed by atoms with Crippen LogP contribution in [0.3, 0.4) is 0 Å². The van der Waals surface area contributed by atoms with Crippen LogP contribution in [0.25, 0.3) is 11.3 Å².